The summed E-state index contributed by atoms with van der Waals surface area (Å²) in [6.07, 6.45) is 8.41. The number of piperidine rings is 1. The molecule has 1 amide bonds. The number of aromatic nitrogens is 3. The quantitative estimate of drug-likeness (QED) is 0.853. The molecular formula is C14H22N4OS. The van der Waals surface area contributed by atoms with Gasteiger partial charge in [0.15, 0.2) is 0 Å². The minimum atomic E-state index is 0.0710. The summed E-state index contributed by atoms with van der Waals surface area (Å²) in [5, 5.41) is 8.48. The van der Waals surface area contributed by atoms with Crippen LogP contribution in [0.5, 0.6) is 0 Å². The summed E-state index contributed by atoms with van der Waals surface area (Å²) >= 11 is 1.62. The number of carbonyl (C=O) groups is 1. The van der Waals surface area contributed by atoms with Crippen LogP contribution in [0.2, 0.25) is 0 Å². The average molecular weight is 294 g/mol. The van der Waals surface area contributed by atoms with Crippen LogP contribution in [0.15, 0.2) is 6.33 Å². The molecule has 2 aliphatic rings. The monoisotopic (exact) mass is 294 g/mol. The molecule has 1 atom stereocenters. The molecule has 2 fully saturated rings. The van der Waals surface area contributed by atoms with Crippen LogP contribution in [0.25, 0.3) is 0 Å². The van der Waals surface area contributed by atoms with E-state index in [2.05, 4.69) is 14.8 Å². The van der Waals surface area contributed by atoms with E-state index in [1.807, 2.05) is 24.4 Å². The Morgan fingerprint density at radius 3 is 2.65 bits per heavy atom. The van der Waals surface area contributed by atoms with Crippen LogP contribution < -0.4 is 0 Å². The van der Waals surface area contributed by atoms with E-state index in [9.17, 15) is 4.79 Å². The lowest BCUT2D eigenvalue weighted by molar-refractivity contribution is -0.131. The zero-order valence-corrected chi connectivity index (χ0v) is 13.0. The molecule has 0 radical (unpaired) electrons. The number of likely N-dealkylation sites (tertiary alicyclic amines) is 1. The molecule has 1 unspecified atom stereocenters. The molecule has 0 N–H and O–H groups in total. The van der Waals surface area contributed by atoms with Crippen molar-refractivity contribution in [1.82, 2.24) is 19.7 Å². The number of thioether (sulfide) groups is 1. The largest absolute Gasteiger partial charge is 0.342 e. The smallest absolute Gasteiger partial charge is 0.235 e. The lowest BCUT2D eigenvalue weighted by Crippen LogP contribution is -2.42. The molecule has 0 spiro atoms. The van der Waals surface area contributed by atoms with Crippen LogP contribution in [0.1, 0.15) is 50.4 Å². The zero-order chi connectivity index (χ0) is 14.1. The first-order valence-corrected chi connectivity index (χ1v) is 8.70. The number of hydrogen-bond donors (Lipinski definition) is 0. The van der Waals surface area contributed by atoms with E-state index < -0.39 is 0 Å². The maximum Gasteiger partial charge on any atom is 0.235 e. The first kappa shape index (κ1) is 13.9. The molecule has 1 saturated carbocycles. The molecule has 1 aromatic heterocycles. The third-order valence-electron chi connectivity index (χ3n) is 4.41. The van der Waals surface area contributed by atoms with Crippen molar-refractivity contribution in [2.75, 3.05) is 19.3 Å². The maximum absolute atomic E-state index is 12.2. The molecule has 1 saturated heterocycles. The third kappa shape index (κ3) is 2.71. The zero-order valence-electron chi connectivity index (χ0n) is 12.2. The summed E-state index contributed by atoms with van der Waals surface area (Å²) < 4.78 is 2.26. The first-order valence-electron chi connectivity index (χ1n) is 7.41. The van der Waals surface area contributed by atoms with Gasteiger partial charge in [0.2, 0.25) is 5.91 Å². The number of amides is 1. The van der Waals surface area contributed by atoms with E-state index in [-0.39, 0.29) is 11.2 Å². The van der Waals surface area contributed by atoms with Crippen molar-refractivity contribution in [2.24, 2.45) is 0 Å². The van der Waals surface area contributed by atoms with Gasteiger partial charge in [-0.15, -0.1) is 10.2 Å². The predicted molar refractivity (Wildman–Crippen MR) is 79.8 cm³/mol. The number of hydrogen-bond acceptors (Lipinski definition) is 4. The van der Waals surface area contributed by atoms with Crippen molar-refractivity contribution >= 4 is 17.7 Å². The molecular weight excluding hydrogens is 272 g/mol. The van der Waals surface area contributed by atoms with Gasteiger partial charge >= 0.3 is 0 Å². The van der Waals surface area contributed by atoms with Crippen molar-refractivity contribution in [3.8, 4) is 0 Å². The van der Waals surface area contributed by atoms with Gasteiger partial charge in [0.1, 0.15) is 12.2 Å². The summed E-state index contributed by atoms with van der Waals surface area (Å²) in [4.78, 5) is 14.2. The van der Waals surface area contributed by atoms with Gasteiger partial charge in [0.25, 0.3) is 0 Å². The second-order valence-corrected chi connectivity index (χ2v) is 6.98. The van der Waals surface area contributed by atoms with Crippen molar-refractivity contribution in [2.45, 2.75) is 49.8 Å². The van der Waals surface area contributed by atoms with E-state index >= 15 is 0 Å². The van der Waals surface area contributed by atoms with Gasteiger partial charge in [-0.2, -0.15) is 11.8 Å². The molecule has 0 aromatic carbocycles. The van der Waals surface area contributed by atoms with Gasteiger partial charge in [0, 0.05) is 25.0 Å². The Bertz CT molecular complexity index is 477. The highest BCUT2D eigenvalue weighted by molar-refractivity contribution is 7.99. The number of carbonyl (C=O) groups excluding carboxylic acids is 1. The lowest BCUT2D eigenvalue weighted by Gasteiger charge is -2.33. The van der Waals surface area contributed by atoms with Crippen molar-refractivity contribution in [1.29, 1.82) is 0 Å². The number of nitrogens with zero attached hydrogens (tertiary/aromatic N) is 4. The lowest BCUT2D eigenvalue weighted by atomic mass is 9.95. The molecule has 5 nitrogen and oxygen atoms in total. The van der Waals surface area contributed by atoms with E-state index in [0.29, 0.717) is 12.0 Å². The minimum Gasteiger partial charge on any atom is -0.342 e. The highest BCUT2D eigenvalue weighted by Crippen LogP contribution is 2.38. The molecule has 3 rings (SSSR count). The van der Waals surface area contributed by atoms with E-state index in [1.165, 1.54) is 12.8 Å². The fourth-order valence-corrected chi connectivity index (χ4v) is 3.24. The summed E-state index contributed by atoms with van der Waals surface area (Å²) in [6, 6.07) is 0.635. The SMILES string of the molecule is CSC(C)C(=O)N1CCC(c2nncn2C2CC2)CC1. The standard InChI is InChI=1S/C14H22N4OS/c1-10(20-2)14(19)17-7-5-11(6-8-17)13-16-15-9-18(13)12-3-4-12/h9-12H,3-8H2,1-2H3. The van der Waals surface area contributed by atoms with E-state index in [1.54, 1.807) is 11.8 Å². The van der Waals surface area contributed by atoms with Crippen LogP contribution in [0, 0.1) is 0 Å². The Balaban J connectivity index is 1.61. The van der Waals surface area contributed by atoms with Crippen molar-refractivity contribution < 1.29 is 4.79 Å². The summed E-state index contributed by atoms with van der Waals surface area (Å²) in [7, 11) is 0. The Labute approximate surface area is 124 Å². The molecule has 1 aliphatic carbocycles. The summed E-state index contributed by atoms with van der Waals surface area (Å²) in [5.41, 5.74) is 0. The van der Waals surface area contributed by atoms with Gasteiger partial charge in [-0.05, 0) is 38.9 Å². The maximum atomic E-state index is 12.2. The Morgan fingerprint density at radius 2 is 2.05 bits per heavy atom. The Morgan fingerprint density at radius 1 is 1.35 bits per heavy atom. The molecule has 20 heavy (non-hydrogen) atoms. The molecule has 1 aromatic rings. The van der Waals surface area contributed by atoms with Crippen LogP contribution in [0.3, 0.4) is 0 Å². The molecule has 6 heteroatoms. The van der Waals surface area contributed by atoms with Crippen LogP contribution in [-0.2, 0) is 4.79 Å². The van der Waals surface area contributed by atoms with Crippen molar-refractivity contribution in [3.05, 3.63) is 12.2 Å². The molecule has 1 aliphatic heterocycles. The van der Waals surface area contributed by atoms with Crippen LogP contribution in [0.4, 0.5) is 0 Å². The summed E-state index contributed by atoms with van der Waals surface area (Å²) in [5.74, 6) is 1.88. The highest BCUT2D eigenvalue weighted by atomic mass is 32.2. The molecule has 0 bridgehead atoms. The summed E-state index contributed by atoms with van der Waals surface area (Å²) in [6.45, 7) is 3.70. The van der Waals surface area contributed by atoms with Crippen LogP contribution >= 0.6 is 11.8 Å². The fourth-order valence-electron chi connectivity index (χ4n) is 2.89. The second kappa shape index (κ2) is 5.76. The van der Waals surface area contributed by atoms with Crippen LogP contribution in [-0.4, -0.2) is 50.2 Å². The second-order valence-electron chi connectivity index (χ2n) is 5.81. The van der Waals surface area contributed by atoms with Gasteiger partial charge in [-0.25, -0.2) is 0 Å². The fraction of sp³-hybridized carbons (Fsp3) is 0.786. The topological polar surface area (TPSA) is 51.0 Å². The van der Waals surface area contributed by atoms with Gasteiger partial charge in [0.05, 0.1) is 5.25 Å². The molecule has 110 valence electrons. The number of rotatable bonds is 4. The van der Waals surface area contributed by atoms with E-state index in [4.69, 9.17) is 0 Å². The average Bonchev–Trinajstić information content (AvgIpc) is 3.23. The minimum absolute atomic E-state index is 0.0710. The first-order chi connectivity index (χ1) is 9.70. The molecule has 2 heterocycles. The van der Waals surface area contributed by atoms with Gasteiger partial charge in [-0.1, -0.05) is 0 Å². The van der Waals surface area contributed by atoms with E-state index in [0.717, 1.165) is 31.8 Å². The normalized spacial score (nSPS) is 22.0. The van der Waals surface area contributed by atoms with Gasteiger partial charge < -0.3 is 9.47 Å². The predicted octanol–water partition coefficient (Wildman–Crippen LogP) is 2.07. The van der Waals surface area contributed by atoms with Gasteiger partial charge in [-0.3, -0.25) is 4.79 Å². The Hall–Kier alpha value is -1.04. The highest BCUT2D eigenvalue weighted by Gasteiger charge is 2.32. The van der Waals surface area contributed by atoms with Crippen molar-refractivity contribution in [3.63, 3.8) is 0 Å². The Kier molecular flexibility index (Phi) is 4.01. The third-order valence-corrected chi connectivity index (χ3v) is 5.32.